The van der Waals surface area contributed by atoms with Gasteiger partial charge in [0.05, 0.1) is 38.0 Å². The van der Waals surface area contributed by atoms with E-state index in [2.05, 4.69) is 9.98 Å². The van der Waals surface area contributed by atoms with Gasteiger partial charge in [0, 0.05) is 29.2 Å². The summed E-state index contributed by atoms with van der Waals surface area (Å²) < 4.78 is 9.92. The van der Waals surface area contributed by atoms with Crippen LogP contribution in [0.15, 0.2) is 43.5 Å². The van der Waals surface area contributed by atoms with Crippen molar-refractivity contribution in [3.63, 3.8) is 0 Å². The van der Waals surface area contributed by atoms with E-state index < -0.39 is 0 Å². The number of rotatable bonds is 5. The molecule has 2 N–H and O–H groups in total. The summed E-state index contributed by atoms with van der Waals surface area (Å²) in [6, 6.07) is 2.89. The van der Waals surface area contributed by atoms with E-state index in [0.29, 0.717) is 24.6 Å². The molecule has 0 amide bonds. The van der Waals surface area contributed by atoms with E-state index in [1.165, 1.54) is 37.1 Å². The van der Waals surface area contributed by atoms with Crippen LogP contribution < -0.4 is 0 Å². The zero-order valence-corrected chi connectivity index (χ0v) is 10.9. The summed E-state index contributed by atoms with van der Waals surface area (Å²) in [5.74, 6) is 0.760. The van der Waals surface area contributed by atoms with Crippen molar-refractivity contribution in [1.29, 1.82) is 0 Å². The molecule has 0 bridgehead atoms. The third kappa shape index (κ3) is 4.31. The van der Waals surface area contributed by atoms with Crippen LogP contribution in [0.25, 0.3) is 0 Å². The van der Waals surface area contributed by atoms with E-state index in [1.54, 1.807) is 0 Å². The van der Waals surface area contributed by atoms with Crippen molar-refractivity contribution in [2.45, 2.75) is 0 Å². The van der Waals surface area contributed by atoms with Gasteiger partial charge in [-0.15, -0.1) is 0 Å². The van der Waals surface area contributed by atoms with E-state index in [0.717, 1.165) is 0 Å². The van der Waals surface area contributed by atoms with Crippen molar-refractivity contribution in [2.24, 2.45) is 9.98 Å². The van der Waals surface area contributed by atoms with E-state index in [9.17, 15) is 10.2 Å². The molecule has 0 saturated carbocycles. The van der Waals surface area contributed by atoms with Crippen molar-refractivity contribution in [1.82, 2.24) is 0 Å². The molecule has 0 aliphatic rings. The van der Waals surface area contributed by atoms with Crippen LogP contribution in [-0.4, -0.2) is 35.7 Å². The van der Waals surface area contributed by atoms with E-state index in [1.807, 2.05) is 0 Å². The van der Waals surface area contributed by atoms with Crippen molar-refractivity contribution in [3.8, 4) is 11.5 Å². The van der Waals surface area contributed by atoms with Gasteiger partial charge in [-0.1, -0.05) is 0 Å². The summed E-state index contributed by atoms with van der Waals surface area (Å²) in [5, 5.41) is 18.5. The quantitative estimate of drug-likeness (QED) is 0.501. The summed E-state index contributed by atoms with van der Waals surface area (Å²) in [7, 11) is 0. The molecular formula is C12H12FeN2O4. The summed E-state index contributed by atoms with van der Waals surface area (Å²) in [5.41, 5.74) is 0. The van der Waals surface area contributed by atoms with Gasteiger partial charge in [0.2, 0.25) is 0 Å². The third-order valence-electron chi connectivity index (χ3n) is 2.12. The van der Waals surface area contributed by atoms with Crippen molar-refractivity contribution < 1.29 is 36.1 Å². The minimum absolute atomic E-state index is 0. The van der Waals surface area contributed by atoms with Crippen LogP contribution in [0.1, 0.15) is 11.5 Å². The molecule has 2 aromatic rings. The molecule has 2 aromatic heterocycles. The molecule has 102 valence electrons. The first-order valence-corrected chi connectivity index (χ1v) is 5.30. The van der Waals surface area contributed by atoms with Gasteiger partial charge in [0.1, 0.15) is 0 Å². The molecule has 19 heavy (non-hydrogen) atoms. The van der Waals surface area contributed by atoms with Crippen LogP contribution in [0.3, 0.4) is 0 Å². The Hall–Kier alpha value is -1.98. The number of hydrogen-bond acceptors (Lipinski definition) is 6. The summed E-state index contributed by atoms with van der Waals surface area (Å²) in [6.45, 7) is 0.885. The molecule has 2 rings (SSSR count). The average molecular weight is 304 g/mol. The number of hydrogen-bond donors (Lipinski definition) is 2. The second-order valence-electron chi connectivity index (χ2n) is 3.41. The molecular weight excluding hydrogens is 292 g/mol. The van der Waals surface area contributed by atoms with E-state index in [4.69, 9.17) is 8.83 Å². The fourth-order valence-corrected chi connectivity index (χ4v) is 1.23. The Kier molecular flexibility index (Phi) is 5.91. The van der Waals surface area contributed by atoms with Crippen LogP contribution in [0.5, 0.6) is 11.5 Å². The molecule has 0 unspecified atom stereocenters. The predicted molar refractivity (Wildman–Crippen MR) is 65.7 cm³/mol. The van der Waals surface area contributed by atoms with Gasteiger partial charge in [0.15, 0.2) is 23.0 Å². The first-order chi connectivity index (χ1) is 8.77. The predicted octanol–water partition coefficient (Wildman–Crippen LogP) is 1.82. The van der Waals surface area contributed by atoms with Gasteiger partial charge < -0.3 is 19.0 Å². The van der Waals surface area contributed by atoms with Crippen LogP contribution in [0, 0.1) is 0 Å². The van der Waals surface area contributed by atoms with Crippen molar-refractivity contribution in [2.75, 3.05) is 13.1 Å². The molecule has 0 aromatic carbocycles. The normalized spacial score (nSPS) is 11.2. The Bertz CT molecular complexity index is 509. The third-order valence-corrected chi connectivity index (χ3v) is 2.12. The molecule has 0 atom stereocenters. The SMILES string of the molecule is Oc1ccoc1C=NCCN=Cc1occc1O.[Fe]. The standard InChI is InChI=1S/C12H12N2O4.Fe/c15-9-1-5-17-11(9)7-13-3-4-14-8-12-10(16)2-6-18-12;/h1-2,5-8,15-16H,3-4H2;. The van der Waals surface area contributed by atoms with Gasteiger partial charge in [0.25, 0.3) is 0 Å². The Morgan fingerprint density at radius 2 is 1.32 bits per heavy atom. The summed E-state index contributed by atoms with van der Waals surface area (Å²) in [6.07, 6.45) is 5.65. The molecule has 0 saturated heterocycles. The minimum atomic E-state index is 0. The maximum atomic E-state index is 9.25. The average Bonchev–Trinajstić information content (AvgIpc) is 2.94. The molecule has 6 nitrogen and oxygen atoms in total. The Morgan fingerprint density at radius 1 is 0.895 bits per heavy atom. The van der Waals surface area contributed by atoms with E-state index in [-0.39, 0.29) is 28.6 Å². The van der Waals surface area contributed by atoms with Gasteiger partial charge in [-0.05, 0) is 0 Å². The molecule has 0 aliphatic carbocycles. The number of aromatic hydroxyl groups is 2. The molecule has 7 heteroatoms. The van der Waals surface area contributed by atoms with Gasteiger partial charge >= 0.3 is 0 Å². The smallest absolute Gasteiger partial charge is 0.185 e. The molecule has 0 aliphatic heterocycles. The number of aliphatic imine (C=N–C) groups is 2. The van der Waals surface area contributed by atoms with Crippen LogP contribution in [0.2, 0.25) is 0 Å². The molecule has 0 radical (unpaired) electrons. The van der Waals surface area contributed by atoms with Gasteiger partial charge in [-0.2, -0.15) is 0 Å². The minimum Gasteiger partial charge on any atom is -0.504 e. The Morgan fingerprint density at radius 3 is 1.63 bits per heavy atom. The summed E-state index contributed by atoms with van der Waals surface area (Å²) >= 11 is 0. The van der Waals surface area contributed by atoms with E-state index >= 15 is 0 Å². The Balaban J connectivity index is 0.00000180. The number of nitrogens with zero attached hydrogens (tertiary/aromatic N) is 2. The monoisotopic (exact) mass is 304 g/mol. The van der Waals surface area contributed by atoms with Crippen LogP contribution >= 0.6 is 0 Å². The zero-order chi connectivity index (χ0) is 12.8. The van der Waals surface area contributed by atoms with Gasteiger partial charge in [-0.3, -0.25) is 9.98 Å². The fourth-order valence-electron chi connectivity index (χ4n) is 1.23. The van der Waals surface area contributed by atoms with Gasteiger partial charge in [-0.25, -0.2) is 0 Å². The largest absolute Gasteiger partial charge is 0.504 e. The second kappa shape index (κ2) is 7.45. The molecule has 0 fully saturated rings. The molecule has 0 spiro atoms. The van der Waals surface area contributed by atoms with Crippen molar-refractivity contribution >= 4 is 12.4 Å². The maximum absolute atomic E-state index is 9.25. The first-order valence-electron chi connectivity index (χ1n) is 5.30. The Labute approximate surface area is 120 Å². The van der Waals surface area contributed by atoms with Crippen molar-refractivity contribution in [3.05, 3.63) is 36.2 Å². The molecule has 2 heterocycles. The summed E-state index contributed by atoms with van der Waals surface area (Å²) in [4.78, 5) is 8.06. The van der Waals surface area contributed by atoms with Crippen LogP contribution in [-0.2, 0) is 17.1 Å². The zero-order valence-electron chi connectivity index (χ0n) is 9.84. The second-order valence-corrected chi connectivity index (χ2v) is 3.41. The fraction of sp³-hybridized carbons (Fsp3) is 0.167. The topological polar surface area (TPSA) is 91.5 Å². The van der Waals surface area contributed by atoms with Crippen LogP contribution in [0.4, 0.5) is 0 Å². The first kappa shape index (κ1) is 15.1. The maximum Gasteiger partial charge on any atom is 0.185 e. The number of furan rings is 2.